The second kappa shape index (κ2) is 7.18. The molecule has 3 rings (SSSR count). The molecule has 0 fully saturated rings. The van der Waals surface area contributed by atoms with E-state index in [4.69, 9.17) is 4.74 Å². The second-order valence-electron chi connectivity index (χ2n) is 4.85. The van der Waals surface area contributed by atoms with E-state index in [1.807, 2.05) is 29.7 Å². The van der Waals surface area contributed by atoms with Gasteiger partial charge in [-0.15, -0.1) is 6.58 Å². The molecule has 122 valence electrons. The van der Waals surface area contributed by atoms with Crippen molar-refractivity contribution in [2.45, 2.75) is 13.5 Å². The number of carbonyl (C=O) groups is 1. The zero-order valence-corrected chi connectivity index (χ0v) is 14.0. The van der Waals surface area contributed by atoms with E-state index in [1.165, 1.54) is 29.9 Å². The molecule has 7 heteroatoms. The Kier molecular flexibility index (Phi) is 4.81. The maximum atomic E-state index is 12.3. The zero-order valence-electron chi connectivity index (χ0n) is 13.2. The van der Waals surface area contributed by atoms with Crippen molar-refractivity contribution in [1.82, 2.24) is 14.5 Å². The van der Waals surface area contributed by atoms with Gasteiger partial charge in [0, 0.05) is 18.9 Å². The largest absolute Gasteiger partial charge is 0.494 e. The minimum Gasteiger partial charge on any atom is -0.494 e. The quantitative estimate of drug-likeness (QED) is 0.670. The van der Waals surface area contributed by atoms with E-state index in [9.17, 15) is 4.79 Å². The maximum absolute atomic E-state index is 12.3. The number of hydrogen-bond donors (Lipinski definition) is 0. The lowest BCUT2D eigenvalue weighted by molar-refractivity contribution is 0.0993. The van der Waals surface area contributed by atoms with E-state index < -0.39 is 5.91 Å². The lowest BCUT2D eigenvalue weighted by Crippen LogP contribution is -2.16. The lowest BCUT2D eigenvalue weighted by Gasteiger charge is -2.04. The fourth-order valence-corrected chi connectivity index (χ4v) is 3.32. The molecule has 2 aromatic heterocycles. The Hall–Kier alpha value is -2.80. The summed E-state index contributed by atoms with van der Waals surface area (Å²) >= 11 is 1.43. The number of nitrogens with zero attached hydrogens (tertiary/aromatic N) is 4. The van der Waals surface area contributed by atoms with Gasteiger partial charge in [-0.05, 0) is 25.1 Å². The van der Waals surface area contributed by atoms with Crippen LogP contribution in [0.4, 0.5) is 0 Å². The van der Waals surface area contributed by atoms with Gasteiger partial charge >= 0.3 is 0 Å². The summed E-state index contributed by atoms with van der Waals surface area (Å²) in [5.74, 6) is 0.376. The summed E-state index contributed by atoms with van der Waals surface area (Å²) in [6, 6.07) is 5.83. The Balaban J connectivity index is 2.12. The molecule has 0 saturated heterocycles. The fraction of sp³-hybridized carbons (Fsp3) is 0.176. The first-order valence-electron chi connectivity index (χ1n) is 7.45. The molecule has 24 heavy (non-hydrogen) atoms. The summed E-state index contributed by atoms with van der Waals surface area (Å²) in [7, 11) is 0. The SMILES string of the molecule is C=CCn1c(=NC(=O)c2cnccn2)sc2cc(OCC)ccc21. The number of thiazole rings is 1. The van der Waals surface area contributed by atoms with Gasteiger partial charge in [0.15, 0.2) is 4.80 Å². The van der Waals surface area contributed by atoms with Crippen molar-refractivity contribution in [1.29, 1.82) is 0 Å². The van der Waals surface area contributed by atoms with Crippen LogP contribution in [-0.2, 0) is 6.54 Å². The van der Waals surface area contributed by atoms with Crippen molar-refractivity contribution in [2.24, 2.45) is 4.99 Å². The van der Waals surface area contributed by atoms with Crippen LogP contribution in [0.5, 0.6) is 5.75 Å². The summed E-state index contributed by atoms with van der Waals surface area (Å²) in [6.07, 6.45) is 6.17. The van der Waals surface area contributed by atoms with E-state index in [0.717, 1.165) is 16.0 Å². The zero-order chi connectivity index (χ0) is 16.9. The third-order valence-corrected chi connectivity index (χ3v) is 4.30. The molecule has 6 nitrogen and oxygen atoms in total. The van der Waals surface area contributed by atoms with E-state index in [1.54, 1.807) is 6.08 Å². The lowest BCUT2D eigenvalue weighted by atomic mass is 10.3. The van der Waals surface area contributed by atoms with Gasteiger partial charge in [-0.1, -0.05) is 17.4 Å². The third kappa shape index (κ3) is 3.26. The van der Waals surface area contributed by atoms with E-state index >= 15 is 0 Å². The molecule has 0 saturated carbocycles. The topological polar surface area (TPSA) is 69.4 Å². The molecule has 0 spiro atoms. The van der Waals surface area contributed by atoms with Crippen molar-refractivity contribution in [3.63, 3.8) is 0 Å². The number of rotatable bonds is 5. The van der Waals surface area contributed by atoms with Crippen molar-refractivity contribution in [2.75, 3.05) is 6.61 Å². The van der Waals surface area contributed by atoms with Crippen LogP contribution in [0.15, 0.2) is 54.4 Å². The van der Waals surface area contributed by atoms with Gasteiger partial charge in [-0.2, -0.15) is 4.99 Å². The Labute approximate surface area is 142 Å². The van der Waals surface area contributed by atoms with Crippen LogP contribution in [-0.4, -0.2) is 27.0 Å². The summed E-state index contributed by atoms with van der Waals surface area (Å²) < 4.78 is 8.47. The molecule has 0 aliphatic heterocycles. The second-order valence-corrected chi connectivity index (χ2v) is 5.86. The molecule has 0 bridgehead atoms. The smallest absolute Gasteiger partial charge is 0.299 e. The highest BCUT2D eigenvalue weighted by Crippen LogP contribution is 2.23. The Morgan fingerprint density at radius 2 is 2.33 bits per heavy atom. The number of allylic oxidation sites excluding steroid dienone is 1. The van der Waals surface area contributed by atoms with Gasteiger partial charge in [0.2, 0.25) is 0 Å². The number of hydrogen-bond acceptors (Lipinski definition) is 5. The highest BCUT2D eigenvalue weighted by atomic mass is 32.1. The monoisotopic (exact) mass is 340 g/mol. The van der Waals surface area contributed by atoms with Crippen LogP contribution in [0.2, 0.25) is 0 Å². The number of fused-ring (bicyclic) bond motifs is 1. The summed E-state index contributed by atoms with van der Waals surface area (Å²) in [5.41, 5.74) is 1.20. The Bertz CT molecular complexity index is 944. The van der Waals surface area contributed by atoms with Gasteiger partial charge in [0.1, 0.15) is 11.4 Å². The molecule has 0 aliphatic carbocycles. The minimum atomic E-state index is -0.419. The standard InChI is InChI=1S/C17H16N4O2S/c1-3-9-21-14-6-5-12(23-4-2)10-15(14)24-17(21)20-16(22)13-11-18-7-8-19-13/h3,5-8,10-11H,1,4,9H2,2H3. The number of amides is 1. The van der Waals surface area contributed by atoms with E-state index in [0.29, 0.717) is 18.0 Å². The van der Waals surface area contributed by atoms with Crippen LogP contribution in [0.25, 0.3) is 10.2 Å². The Morgan fingerprint density at radius 3 is 3.04 bits per heavy atom. The normalized spacial score (nSPS) is 11.6. The van der Waals surface area contributed by atoms with E-state index in [2.05, 4.69) is 21.5 Å². The van der Waals surface area contributed by atoms with Crippen LogP contribution in [0, 0.1) is 0 Å². The van der Waals surface area contributed by atoms with Gasteiger partial charge in [-0.3, -0.25) is 9.78 Å². The van der Waals surface area contributed by atoms with E-state index in [-0.39, 0.29) is 5.69 Å². The van der Waals surface area contributed by atoms with Crippen molar-refractivity contribution in [3.05, 3.63) is 59.9 Å². The first kappa shape index (κ1) is 16.1. The molecule has 1 aromatic carbocycles. The fourth-order valence-electron chi connectivity index (χ4n) is 2.25. The highest BCUT2D eigenvalue weighted by Gasteiger charge is 2.10. The molecule has 1 amide bonds. The van der Waals surface area contributed by atoms with Gasteiger partial charge in [-0.25, -0.2) is 4.98 Å². The average Bonchev–Trinajstić information content (AvgIpc) is 2.93. The van der Waals surface area contributed by atoms with Crippen LogP contribution >= 0.6 is 11.3 Å². The average molecular weight is 340 g/mol. The van der Waals surface area contributed by atoms with Crippen LogP contribution in [0.1, 0.15) is 17.4 Å². The molecular formula is C17H16N4O2S. The third-order valence-electron chi connectivity index (χ3n) is 3.26. The molecule has 0 aliphatic rings. The maximum Gasteiger partial charge on any atom is 0.299 e. The molecule has 0 radical (unpaired) electrons. The van der Waals surface area contributed by atoms with Gasteiger partial charge in [0.25, 0.3) is 5.91 Å². The number of carbonyl (C=O) groups excluding carboxylic acids is 1. The first-order valence-corrected chi connectivity index (χ1v) is 8.26. The predicted molar refractivity (Wildman–Crippen MR) is 93.1 cm³/mol. The highest BCUT2D eigenvalue weighted by molar-refractivity contribution is 7.16. The van der Waals surface area contributed by atoms with Crippen molar-refractivity contribution in [3.8, 4) is 5.75 Å². The van der Waals surface area contributed by atoms with Crippen LogP contribution < -0.4 is 9.54 Å². The Morgan fingerprint density at radius 1 is 1.46 bits per heavy atom. The van der Waals surface area contributed by atoms with Gasteiger partial charge < -0.3 is 9.30 Å². The van der Waals surface area contributed by atoms with Crippen molar-refractivity contribution < 1.29 is 9.53 Å². The molecule has 0 N–H and O–H groups in total. The molecule has 0 unspecified atom stereocenters. The summed E-state index contributed by atoms with van der Waals surface area (Å²) in [5, 5.41) is 0. The summed E-state index contributed by atoms with van der Waals surface area (Å²) in [4.78, 5) is 25.0. The summed E-state index contributed by atoms with van der Waals surface area (Å²) in [6.45, 7) is 6.88. The number of benzene rings is 1. The number of aromatic nitrogens is 3. The molecule has 2 heterocycles. The van der Waals surface area contributed by atoms with Crippen LogP contribution in [0.3, 0.4) is 0 Å². The predicted octanol–water partition coefficient (Wildman–Crippen LogP) is 2.82. The molecule has 0 atom stereocenters. The minimum absolute atomic E-state index is 0.218. The number of ether oxygens (including phenoxy) is 1. The first-order chi connectivity index (χ1) is 11.7. The molecule has 3 aromatic rings. The van der Waals surface area contributed by atoms with Gasteiger partial charge in [0.05, 0.1) is 23.0 Å². The van der Waals surface area contributed by atoms with Crippen molar-refractivity contribution >= 4 is 27.5 Å². The molecular weight excluding hydrogens is 324 g/mol.